The van der Waals surface area contributed by atoms with Crippen molar-refractivity contribution in [1.29, 1.82) is 0 Å². The molecular formula is C21H18N2O4. The Morgan fingerprint density at radius 1 is 1.11 bits per heavy atom. The summed E-state index contributed by atoms with van der Waals surface area (Å²) in [5.74, 6) is 0.515. The first kappa shape index (κ1) is 18.1. The minimum absolute atomic E-state index is 0.0324. The summed E-state index contributed by atoms with van der Waals surface area (Å²) in [5.41, 5.74) is 3.21. The fourth-order valence-electron chi connectivity index (χ4n) is 2.71. The van der Waals surface area contributed by atoms with E-state index in [1.54, 1.807) is 30.3 Å². The summed E-state index contributed by atoms with van der Waals surface area (Å²) in [6.45, 7) is 3.92. The summed E-state index contributed by atoms with van der Waals surface area (Å²) >= 11 is 0. The number of carbonyl (C=O) groups excluding carboxylic acids is 1. The van der Waals surface area contributed by atoms with Crippen LogP contribution < -0.4 is 5.32 Å². The van der Waals surface area contributed by atoms with Gasteiger partial charge in [0.2, 0.25) is 5.91 Å². The molecule has 0 unspecified atom stereocenters. The van der Waals surface area contributed by atoms with Gasteiger partial charge in [-0.25, -0.2) is 0 Å². The van der Waals surface area contributed by atoms with Gasteiger partial charge in [-0.2, -0.15) is 0 Å². The summed E-state index contributed by atoms with van der Waals surface area (Å²) in [6, 6.07) is 15.4. The molecule has 3 rings (SSSR count). The van der Waals surface area contributed by atoms with E-state index in [9.17, 15) is 14.9 Å². The van der Waals surface area contributed by atoms with Crippen molar-refractivity contribution in [2.45, 2.75) is 13.8 Å². The highest BCUT2D eigenvalue weighted by Gasteiger charge is 2.16. The number of carbonyl (C=O) groups is 1. The van der Waals surface area contributed by atoms with Crippen LogP contribution in [0.2, 0.25) is 0 Å². The second-order valence-corrected chi connectivity index (χ2v) is 6.12. The predicted molar refractivity (Wildman–Crippen MR) is 104 cm³/mol. The quantitative estimate of drug-likeness (QED) is 0.388. The van der Waals surface area contributed by atoms with E-state index in [-0.39, 0.29) is 11.6 Å². The molecule has 0 atom stereocenters. The number of benzene rings is 2. The summed E-state index contributed by atoms with van der Waals surface area (Å²) in [6.07, 6.45) is 2.89. The molecule has 0 aliphatic rings. The molecule has 0 saturated carbocycles. The maximum Gasteiger partial charge on any atom is 0.280 e. The molecule has 2 aromatic carbocycles. The molecule has 27 heavy (non-hydrogen) atoms. The maximum atomic E-state index is 12.1. The number of nitro groups is 1. The Kier molecular flexibility index (Phi) is 5.17. The minimum atomic E-state index is -0.454. The van der Waals surface area contributed by atoms with Crippen LogP contribution in [-0.4, -0.2) is 10.8 Å². The van der Waals surface area contributed by atoms with Gasteiger partial charge in [0.15, 0.2) is 0 Å². The Balaban J connectivity index is 1.74. The molecule has 1 heterocycles. The maximum absolute atomic E-state index is 12.1. The number of nitrogens with one attached hydrogen (secondary N) is 1. The van der Waals surface area contributed by atoms with E-state index < -0.39 is 4.92 Å². The van der Waals surface area contributed by atoms with Gasteiger partial charge < -0.3 is 9.73 Å². The second-order valence-electron chi connectivity index (χ2n) is 6.12. The van der Waals surface area contributed by atoms with Gasteiger partial charge in [-0.05, 0) is 49.8 Å². The van der Waals surface area contributed by atoms with E-state index in [0.717, 1.165) is 16.8 Å². The van der Waals surface area contributed by atoms with E-state index in [2.05, 4.69) is 5.32 Å². The number of anilines is 1. The smallest absolute Gasteiger partial charge is 0.280 e. The standard InChI is InChI=1S/C21H18N2O4/c1-14-7-10-18(15(2)13-14)22-21(24)12-9-16-8-11-20(27-16)17-5-3-4-6-19(17)23(25)26/h3-13H,1-2H3,(H,22,24)/b12-9+. The molecule has 0 bridgehead atoms. The normalized spacial score (nSPS) is 10.9. The van der Waals surface area contributed by atoms with Crippen LogP contribution in [0.3, 0.4) is 0 Å². The fraction of sp³-hybridized carbons (Fsp3) is 0.0952. The Labute approximate surface area is 156 Å². The summed E-state index contributed by atoms with van der Waals surface area (Å²) in [7, 11) is 0. The summed E-state index contributed by atoms with van der Waals surface area (Å²) < 4.78 is 5.63. The molecule has 0 aliphatic carbocycles. The first-order valence-corrected chi connectivity index (χ1v) is 8.34. The lowest BCUT2D eigenvalue weighted by molar-refractivity contribution is -0.384. The number of nitrogens with zero attached hydrogens (tertiary/aromatic N) is 1. The first-order valence-electron chi connectivity index (χ1n) is 8.34. The number of aryl methyl sites for hydroxylation is 2. The zero-order valence-corrected chi connectivity index (χ0v) is 14.9. The molecule has 6 nitrogen and oxygen atoms in total. The number of nitro benzene ring substituents is 1. The Morgan fingerprint density at radius 3 is 2.63 bits per heavy atom. The number of rotatable bonds is 5. The molecule has 6 heteroatoms. The fourth-order valence-corrected chi connectivity index (χ4v) is 2.71. The number of hydrogen-bond acceptors (Lipinski definition) is 4. The average molecular weight is 362 g/mol. The molecule has 0 aliphatic heterocycles. The summed E-state index contributed by atoms with van der Waals surface area (Å²) in [5, 5.41) is 13.9. The van der Waals surface area contributed by atoms with Crippen molar-refractivity contribution >= 4 is 23.4 Å². The van der Waals surface area contributed by atoms with Crippen molar-refractivity contribution in [3.63, 3.8) is 0 Å². The Bertz CT molecular complexity index is 1030. The minimum Gasteiger partial charge on any atom is -0.456 e. The van der Waals surface area contributed by atoms with Gasteiger partial charge in [0, 0.05) is 17.8 Å². The van der Waals surface area contributed by atoms with Crippen molar-refractivity contribution in [3.8, 4) is 11.3 Å². The second kappa shape index (κ2) is 7.70. The largest absolute Gasteiger partial charge is 0.456 e. The van der Waals surface area contributed by atoms with Gasteiger partial charge in [0.1, 0.15) is 11.5 Å². The molecule has 1 N–H and O–H groups in total. The van der Waals surface area contributed by atoms with Crippen LogP contribution in [0.1, 0.15) is 16.9 Å². The van der Waals surface area contributed by atoms with Crippen molar-refractivity contribution in [2.24, 2.45) is 0 Å². The molecule has 0 radical (unpaired) electrons. The van der Waals surface area contributed by atoms with Crippen LogP contribution in [0.5, 0.6) is 0 Å². The number of para-hydroxylation sites is 1. The molecule has 1 amide bonds. The lowest BCUT2D eigenvalue weighted by Crippen LogP contribution is -2.08. The zero-order valence-electron chi connectivity index (χ0n) is 14.9. The third kappa shape index (κ3) is 4.30. The highest BCUT2D eigenvalue weighted by atomic mass is 16.6. The van der Waals surface area contributed by atoms with Crippen molar-refractivity contribution in [3.05, 3.63) is 87.7 Å². The van der Waals surface area contributed by atoms with Gasteiger partial charge in [-0.15, -0.1) is 0 Å². The lowest BCUT2D eigenvalue weighted by Gasteiger charge is -2.06. The lowest BCUT2D eigenvalue weighted by atomic mass is 10.1. The van der Waals surface area contributed by atoms with Crippen LogP contribution in [-0.2, 0) is 4.79 Å². The van der Waals surface area contributed by atoms with Crippen LogP contribution in [0.15, 0.2) is 65.1 Å². The SMILES string of the molecule is Cc1ccc(NC(=O)/C=C/c2ccc(-c3ccccc3[N+](=O)[O-])o2)c(C)c1. The van der Waals surface area contributed by atoms with E-state index >= 15 is 0 Å². The number of amides is 1. The zero-order chi connectivity index (χ0) is 19.4. The van der Waals surface area contributed by atoms with Crippen molar-refractivity contribution in [1.82, 2.24) is 0 Å². The molecule has 0 saturated heterocycles. The van der Waals surface area contributed by atoms with Crippen molar-refractivity contribution in [2.75, 3.05) is 5.32 Å². The Morgan fingerprint density at radius 2 is 1.89 bits per heavy atom. The van der Waals surface area contributed by atoms with Gasteiger partial charge in [-0.1, -0.05) is 29.8 Å². The van der Waals surface area contributed by atoms with Gasteiger partial charge >= 0.3 is 0 Å². The molecule has 0 spiro atoms. The molecule has 136 valence electrons. The highest BCUT2D eigenvalue weighted by Crippen LogP contribution is 2.31. The molecular weight excluding hydrogens is 344 g/mol. The molecule has 1 aromatic heterocycles. The molecule has 0 fully saturated rings. The topological polar surface area (TPSA) is 85.4 Å². The van der Waals surface area contributed by atoms with Crippen LogP contribution in [0, 0.1) is 24.0 Å². The monoisotopic (exact) mass is 362 g/mol. The average Bonchev–Trinajstić information content (AvgIpc) is 3.11. The molecule has 3 aromatic rings. The third-order valence-electron chi connectivity index (χ3n) is 4.03. The van der Waals surface area contributed by atoms with E-state index in [4.69, 9.17) is 4.42 Å². The van der Waals surface area contributed by atoms with Crippen LogP contribution in [0.4, 0.5) is 11.4 Å². The van der Waals surface area contributed by atoms with Crippen LogP contribution >= 0.6 is 0 Å². The van der Waals surface area contributed by atoms with E-state index in [1.165, 1.54) is 18.2 Å². The first-order chi connectivity index (χ1) is 12.9. The van der Waals surface area contributed by atoms with Crippen molar-refractivity contribution < 1.29 is 14.1 Å². The number of hydrogen-bond donors (Lipinski definition) is 1. The Hall–Kier alpha value is -3.67. The van der Waals surface area contributed by atoms with Gasteiger partial charge in [-0.3, -0.25) is 14.9 Å². The van der Waals surface area contributed by atoms with E-state index in [0.29, 0.717) is 17.1 Å². The van der Waals surface area contributed by atoms with Crippen LogP contribution in [0.25, 0.3) is 17.4 Å². The van der Waals surface area contributed by atoms with E-state index in [1.807, 2.05) is 32.0 Å². The van der Waals surface area contributed by atoms with Gasteiger partial charge in [0.25, 0.3) is 5.69 Å². The summed E-state index contributed by atoms with van der Waals surface area (Å²) in [4.78, 5) is 22.8. The highest BCUT2D eigenvalue weighted by molar-refractivity contribution is 6.02. The number of furan rings is 1. The van der Waals surface area contributed by atoms with Gasteiger partial charge in [0.05, 0.1) is 10.5 Å². The third-order valence-corrected chi connectivity index (χ3v) is 4.03. The predicted octanol–water partition coefficient (Wildman–Crippen LogP) is 5.12.